The average Bonchev–Trinajstić information content (AvgIpc) is 2.38. The Morgan fingerprint density at radius 1 is 1.26 bits per heavy atom. The van der Waals surface area contributed by atoms with Crippen LogP contribution in [0.4, 0.5) is 4.79 Å². The van der Waals surface area contributed by atoms with E-state index in [1.807, 2.05) is 0 Å². The zero-order valence-corrected chi connectivity index (χ0v) is 11.5. The van der Waals surface area contributed by atoms with Crippen molar-refractivity contribution in [3.05, 3.63) is 0 Å². The highest BCUT2D eigenvalue weighted by molar-refractivity contribution is 5.86. The normalized spacial score (nSPS) is 19.4. The summed E-state index contributed by atoms with van der Waals surface area (Å²) in [6.07, 6.45) is 0.841. The summed E-state index contributed by atoms with van der Waals surface area (Å²) >= 11 is 0. The van der Waals surface area contributed by atoms with Crippen molar-refractivity contribution in [2.24, 2.45) is 5.41 Å². The number of nitrogens with one attached hydrogen (secondary N) is 2. The zero-order valence-electron chi connectivity index (χ0n) is 11.5. The second-order valence-electron chi connectivity index (χ2n) is 5.14. The number of urea groups is 1. The number of carbonyl (C=O) groups is 3. The molecule has 1 heterocycles. The van der Waals surface area contributed by atoms with Gasteiger partial charge in [-0.1, -0.05) is 0 Å². The molecule has 1 rings (SSSR count). The van der Waals surface area contributed by atoms with Crippen molar-refractivity contribution in [1.82, 2.24) is 15.5 Å². The first-order valence-electron chi connectivity index (χ1n) is 6.30. The van der Waals surface area contributed by atoms with Crippen LogP contribution in [-0.4, -0.2) is 54.1 Å². The topological polar surface area (TPSA) is 98.7 Å². The molecule has 0 aromatic rings. The van der Waals surface area contributed by atoms with Crippen LogP contribution in [-0.2, 0) is 9.59 Å². The summed E-state index contributed by atoms with van der Waals surface area (Å²) in [6.45, 7) is 4.06. The number of hydrogen-bond acceptors (Lipinski definition) is 3. The molecular weight excluding hydrogens is 250 g/mol. The van der Waals surface area contributed by atoms with E-state index in [0.29, 0.717) is 25.9 Å². The molecule has 0 aromatic carbocycles. The molecular formula is C12H21N3O4. The third kappa shape index (κ3) is 3.59. The van der Waals surface area contributed by atoms with E-state index in [1.165, 1.54) is 7.05 Å². The van der Waals surface area contributed by atoms with Gasteiger partial charge in [0.05, 0.1) is 5.41 Å². The maximum absolute atomic E-state index is 11.9. The zero-order chi connectivity index (χ0) is 14.6. The minimum atomic E-state index is -0.828. The summed E-state index contributed by atoms with van der Waals surface area (Å²) in [5.74, 6) is -1.09. The lowest BCUT2D eigenvalue weighted by atomic mass is 9.80. The second kappa shape index (κ2) is 5.90. The highest BCUT2D eigenvalue weighted by atomic mass is 16.4. The minimum Gasteiger partial charge on any atom is -0.481 e. The first-order chi connectivity index (χ1) is 8.80. The number of nitrogens with zero attached hydrogens (tertiary/aromatic N) is 1. The molecule has 108 valence electrons. The van der Waals surface area contributed by atoms with Gasteiger partial charge in [-0.25, -0.2) is 4.79 Å². The number of carboxylic acid groups (broad SMARTS) is 1. The van der Waals surface area contributed by atoms with Gasteiger partial charge in [0.1, 0.15) is 6.04 Å². The highest BCUT2D eigenvalue weighted by Gasteiger charge is 2.38. The van der Waals surface area contributed by atoms with Crippen LogP contribution in [0.15, 0.2) is 0 Å². The van der Waals surface area contributed by atoms with Gasteiger partial charge in [-0.15, -0.1) is 0 Å². The van der Waals surface area contributed by atoms with Crippen LogP contribution in [0.2, 0.25) is 0 Å². The quantitative estimate of drug-likeness (QED) is 0.673. The van der Waals surface area contributed by atoms with Crippen LogP contribution in [0.25, 0.3) is 0 Å². The number of aliphatic carboxylic acids is 1. The predicted octanol–water partition coefficient (Wildman–Crippen LogP) is 0.0172. The monoisotopic (exact) mass is 271 g/mol. The molecule has 1 saturated heterocycles. The van der Waals surface area contributed by atoms with E-state index in [0.717, 1.165) is 0 Å². The number of carbonyl (C=O) groups excluding carboxylic acids is 2. The van der Waals surface area contributed by atoms with Crippen LogP contribution in [0.5, 0.6) is 0 Å². The van der Waals surface area contributed by atoms with Crippen molar-refractivity contribution >= 4 is 17.9 Å². The van der Waals surface area contributed by atoms with Gasteiger partial charge in [0.25, 0.3) is 0 Å². The Kier molecular flexibility index (Phi) is 4.74. The molecule has 3 N–H and O–H groups in total. The van der Waals surface area contributed by atoms with Crippen LogP contribution in [0.3, 0.4) is 0 Å². The van der Waals surface area contributed by atoms with Crippen LogP contribution in [0.1, 0.15) is 26.7 Å². The number of likely N-dealkylation sites (N-methyl/N-ethyl adjacent to an activating group) is 1. The molecule has 7 heteroatoms. The summed E-state index contributed by atoms with van der Waals surface area (Å²) in [6, 6.07) is -0.936. The van der Waals surface area contributed by atoms with Gasteiger partial charge in [-0.2, -0.15) is 0 Å². The molecule has 0 saturated carbocycles. The Labute approximate surface area is 112 Å². The van der Waals surface area contributed by atoms with Gasteiger partial charge in [0, 0.05) is 20.1 Å². The lowest BCUT2D eigenvalue weighted by Crippen LogP contribution is -2.53. The largest absolute Gasteiger partial charge is 0.481 e. The maximum Gasteiger partial charge on any atom is 0.318 e. The third-order valence-corrected chi connectivity index (χ3v) is 3.65. The minimum absolute atomic E-state index is 0.263. The Morgan fingerprint density at radius 2 is 1.79 bits per heavy atom. The Morgan fingerprint density at radius 3 is 2.21 bits per heavy atom. The molecule has 0 spiro atoms. The van der Waals surface area contributed by atoms with E-state index >= 15 is 0 Å². The average molecular weight is 271 g/mol. The predicted molar refractivity (Wildman–Crippen MR) is 68.6 cm³/mol. The van der Waals surface area contributed by atoms with Crippen molar-refractivity contribution in [3.63, 3.8) is 0 Å². The van der Waals surface area contributed by atoms with E-state index in [2.05, 4.69) is 10.6 Å². The molecule has 1 aliphatic heterocycles. The van der Waals surface area contributed by atoms with Crippen molar-refractivity contribution < 1.29 is 19.5 Å². The lowest BCUT2D eigenvalue weighted by Gasteiger charge is -2.36. The molecule has 0 aliphatic carbocycles. The molecule has 1 aliphatic rings. The third-order valence-electron chi connectivity index (χ3n) is 3.65. The van der Waals surface area contributed by atoms with Crippen molar-refractivity contribution in [3.8, 4) is 0 Å². The molecule has 3 amide bonds. The SMILES string of the molecule is CNC(=O)C(C)NC(=O)N1CCC(C)(C(=O)O)CC1. The fraction of sp³-hybridized carbons (Fsp3) is 0.750. The summed E-state index contributed by atoms with van der Waals surface area (Å²) in [5.41, 5.74) is -0.761. The number of hydrogen-bond donors (Lipinski definition) is 3. The van der Waals surface area contributed by atoms with Crippen molar-refractivity contribution in [2.45, 2.75) is 32.7 Å². The lowest BCUT2D eigenvalue weighted by molar-refractivity contribution is -0.150. The molecule has 0 radical (unpaired) electrons. The maximum atomic E-state index is 11.9. The smallest absolute Gasteiger partial charge is 0.318 e. The van der Waals surface area contributed by atoms with Crippen LogP contribution in [0, 0.1) is 5.41 Å². The Bertz CT molecular complexity index is 375. The number of likely N-dealkylation sites (tertiary alicyclic amines) is 1. The second-order valence-corrected chi connectivity index (χ2v) is 5.14. The van der Waals surface area contributed by atoms with Gasteiger partial charge < -0.3 is 20.6 Å². The Balaban J connectivity index is 2.50. The molecule has 1 unspecified atom stereocenters. The first-order valence-corrected chi connectivity index (χ1v) is 6.30. The summed E-state index contributed by atoms with van der Waals surface area (Å²) < 4.78 is 0. The van der Waals surface area contributed by atoms with Crippen LogP contribution >= 0.6 is 0 Å². The summed E-state index contributed by atoms with van der Waals surface area (Å²) in [7, 11) is 1.50. The van der Waals surface area contributed by atoms with E-state index < -0.39 is 17.4 Å². The van der Waals surface area contributed by atoms with E-state index in [1.54, 1.807) is 18.7 Å². The molecule has 19 heavy (non-hydrogen) atoms. The number of amides is 3. The highest BCUT2D eigenvalue weighted by Crippen LogP contribution is 2.30. The van der Waals surface area contributed by atoms with E-state index in [4.69, 9.17) is 5.11 Å². The van der Waals surface area contributed by atoms with E-state index in [9.17, 15) is 14.4 Å². The fourth-order valence-corrected chi connectivity index (χ4v) is 1.98. The first kappa shape index (κ1) is 15.3. The van der Waals surface area contributed by atoms with Gasteiger partial charge in [-0.05, 0) is 26.7 Å². The summed E-state index contributed by atoms with van der Waals surface area (Å²) in [4.78, 5) is 35.8. The van der Waals surface area contributed by atoms with Gasteiger partial charge >= 0.3 is 12.0 Å². The Hall–Kier alpha value is -1.79. The van der Waals surface area contributed by atoms with Gasteiger partial charge in [0.15, 0.2) is 0 Å². The standard InChI is InChI=1S/C12H21N3O4/c1-8(9(16)13-3)14-11(19)15-6-4-12(2,5-7-15)10(17)18/h8H,4-7H2,1-3H3,(H,13,16)(H,14,19)(H,17,18). The number of carboxylic acids is 1. The number of rotatable bonds is 3. The van der Waals surface area contributed by atoms with Crippen molar-refractivity contribution in [1.29, 1.82) is 0 Å². The van der Waals surface area contributed by atoms with Gasteiger partial charge in [0.2, 0.25) is 5.91 Å². The van der Waals surface area contributed by atoms with E-state index in [-0.39, 0.29) is 11.9 Å². The molecule has 0 aromatic heterocycles. The summed E-state index contributed by atoms with van der Waals surface area (Å²) in [5, 5.41) is 14.1. The van der Waals surface area contributed by atoms with Crippen molar-refractivity contribution in [2.75, 3.05) is 20.1 Å². The molecule has 7 nitrogen and oxygen atoms in total. The molecule has 0 bridgehead atoms. The van der Waals surface area contributed by atoms with Gasteiger partial charge in [-0.3, -0.25) is 9.59 Å². The molecule has 1 fully saturated rings. The fourth-order valence-electron chi connectivity index (χ4n) is 1.98. The van der Waals surface area contributed by atoms with Crippen LogP contribution < -0.4 is 10.6 Å². The number of piperidine rings is 1. The molecule has 1 atom stereocenters.